The van der Waals surface area contributed by atoms with E-state index in [0.717, 1.165) is 12.3 Å². The molecule has 7 heteroatoms. The maximum absolute atomic E-state index is 13.1. The molecule has 2 rings (SSSR count). The summed E-state index contributed by atoms with van der Waals surface area (Å²) in [5.41, 5.74) is 0.0564. The Labute approximate surface area is 103 Å². The largest absolute Gasteiger partial charge is 0.477 e. The molecule has 0 saturated carbocycles. The molecule has 1 aromatic carbocycles. The van der Waals surface area contributed by atoms with Crippen LogP contribution in [0, 0.1) is 5.82 Å². The van der Waals surface area contributed by atoms with Gasteiger partial charge in [0.25, 0.3) is 0 Å². The monoisotopic (exact) mass is 269 g/mol. The molecule has 1 N–H and O–H groups in total. The van der Waals surface area contributed by atoms with Crippen LogP contribution in [0.5, 0.6) is 0 Å². The second kappa shape index (κ2) is 4.61. The number of aromatic carboxylic acids is 1. The van der Waals surface area contributed by atoms with Gasteiger partial charge in [-0.05, 0) is 23.8 Å². The van der Waals surface area contributed by atoms with Gasteiger partial charge in [-0.1, -0.05) is 12.1 Å². The first-order valence-electron chi connectivity index (χ1n) is 4.86. The summed E-state index contributed by atoms with van der Waals surface area (Å²) in [6, 6.07) is 6.61. The molecular formula is C11H8FNO4S. The summed E-state index contributed by atoms with van der Waals surface area (Å²) in [6.45, 7) is 0. The van der Waals surface area contributed by atoms with E-state index in [1.165, 1.54) is 24.3 Å². The van der Waals surface area contributed by atoms with Crippen LogP contribution >= 0.6 is 0 Å². The third-order valence-corrected chi connectivity index (χ3v) is 3.07. The Morgan fingerprint density at radius 2 is 2.00 bits per heavy atom. The molecule has 0 bridgehead atoms. The number of nitrogens with zero attached hydrogens (tertiary/aromatic N) is 1. The van der Waals surface area contributed by atoms with Crippen molar-refractivity contribution in [3.8, 4) is 11.1 Å². The number of rotatable bonds is 3. The van der Waals surface area contributed by atoms with Crippen LogP contribution in [0.2, 0.25) is 0 Å². The molecule has 0 amide bonds. The van der Waals surface area contributed by atoms with Gasteiger partial charge in [0.2, 0.25) is 10.9 Å². The molecule has 0 saturated heterocycles. The van der Waals surface area contributed by atoms with Gasteiger partial charge in [-0.15, -0.1) is 0 Å². The summed E-state index contributed by atoms with van der Waals surface area (Å²) in [6.07, 6.45) is 1.12. The van der Waals surface area contributed by atoms with Crippen molar-refractivity contribution in [1.82, 2.24) is 3.97 Å². The van der Waals surface area contributed by atoms with Crippen LogP contribution in [-0.2, 0) is 10.9 Å². The molecule has 0 fully saturated rings. The topological polar surface area (TPSA) is 76.4 Å². The van der Waals surface area contributed by atoms with Crippen LogP contribution in [0.15, 0.2) is 36.5 Å². The van der Waals surface area contributed by atoms with E-state index in [1.54, 1.807) is 0 Å². The zero-order valence-corrected chi connectivity index (χ0v) is 9.80. The first kappa shape index (κ1) is 12.3. The van der Waals surface area contributed by atoms with Gasteiger partial charge in [0.05, 0.1) is 0 Å². The average Bonchev–Trinajstić information content (AvgIpc) is 2.73. The summed E-state index contributed by atoms with van der Waals surface area (Å²) >= 11 is 0. The second-order valence-electron chi connectivity index (χ2n) is 3.48. The molecule has 0 atom stereocenters. The van der Waals surface area contributed by atoms with Crippen molar-refractivity contribution in [3.05, 3.63) is 48.0 Å². The Morgan fingerprint density at radius 1 is 1.28 bits per heavy atom. The summed E-state index contributed by atoms with van der Waals surface area (Å²) in [7, 11) is -3.08. The number of hydrogen-bond acceptors (Lipinski definition) is 3. The fourth-order valence-corrected chi connectivity index (χ4v) is 2.19. The van der Waals surface area contributed by atoms with Crippen molar-refractivity contribution in [2.45, 2.75) is 0 Å². The number of aromatic nitrogens is 1. The zero-order chi connectivity index (χ0) is 13.3. The maximum Gasteiger partial charge on any atom is 0.354 e. The van der Waals surface area contributed by atoms with Gasteiger partial charge in [0, 0.05) is 11.8 Å². The number of carboxylic acid groups (broad SMARTS) is 1. The minimum Gasteiger partial charge on any atom is -0.477 e. The summed E-state index contributed by atoms with van der Waals surface area (Å²) in [5.74, 6) is -1.92. The predicted molar refractivity (Wildman–Crippen MR) is 62.5 cm³/mol. The SMILES string of the molecule is O=C(O)c1c(-c2cccc(F)c2)ccn1[SH](=O)=O. The lowest BCUT2D eigenvalue weighted by atomic mass is 10.1. The van der Waals surface area contributed by atoms with E-state index in [1.807, 2.05) is 0 Å². The molecule has 2 aromatic rings. The highest BCUT2D eigenvalue weighted by molar-refractivity contribution is 7.70. The fraction of sp³-hybridized carbons (Fsp3) is 0. The minimum atomic E-state index is -3.08. The number of thiol groups is 1. The van der Waals surface area contributed by atoms with Crippen molar-refractivity contribution in [2.75, 3.05) is 0 Å². The Kier molecular flexibility index (Phi) is 3.15. The highest BCUT2D eigenvalue weighted by Gasteiger charge is 2.18. The Bertz CT molecular complexity index is 682. The van der Waals surface area contributed by atoms with E-state index in [0.29, 0.717) is 9.54 Å². The fourth-order valence-electron chi connectivity index (χ4n) is 1.66. The normalized spacial score (nSPS) is 10.8. The quantitative estimate of drug-likeness (QED) is 0.825. The van der Waals surface area contributed by atoms with Crippen LogP contribution in [0.4, 0.5) is 4.39 Å². The molecule has 0 spiro atoms. The highest BCUT2D eigenvalue weighted by atomic mass is 32.2. The van der Waals surface area contributed by atoms with E-state index in [4.69, 9.17) is 5.11 Å². The number of hydrogen-bond donors (Lipinski definition) is 2. The van der Waals surface area contributed by atoms with Gasteiger partial charge < -0.3 is 5.11 Å². The van der Waals surface area contributed by atoms with Gasteiger partial charge >= 0.3 is 5.97 Å². The van der Waals surface area contributed by atoms with E-state index in [9.17, 15) is 17.6 Å². The molecule has 1 aromatic heterocycles. The molecular weight excluding hydrogens is 261 g/mol. The highest BCUT2D eigenvalue weighted by Crippen LogP contribution is 2.25. The first-order valence-corrected chi connectivity index (χ1v) is 5.99. The van der Waals surface area contributed by atoms with Crippen LogP contribution in [0.1, 0.15) is 10.5 Å². The number of carbonyl (C=O) groups is 1. The number of carboxylic acids is 1. The van der Waals surface area contributed by atoms with E-state index >= 15 is 0 Å². The summed E-state index contributed by atoms with van der Waals surface area (Å²) in [5, 5.41) is 9.03. The van der Waals surface area contributed by atoms with Crippen LogP contribution in [0.3, 0.4) is 0 Å². The lowest BCUT2D eigenvalue weighted by molar-refractivity contribution is 0.0690. The third-order valence-electron chi connectivity index (χ3n) is 2.38. The second-order valence-corrected chi connectivity index (χ2v) is 4.38. The van der Waals surface area contributed by atoms with Gasteiger partial charge in [-0.2, -0.15) is 0 Å². The van der Waals surface area contributed by atoms with Gasteiger partial charge in [-0.25, -0.2) is 21.6 Å². The Hall–Kier alpha value is -2.15. The molecule has 1 heterocycles. The average molecular weight is 269 g/mol. The Balaban J connectivity index is 2.69. The van der Waals surface area contributed by atoms with Crippen molar-refractivity contribution in [1.29, 1.82) is 0 Å². The molecule has 18 heavy (non-hydrogen) atoms. The Morgan fingerprint density at radius 3 is 2.56 bits per heavy atom. The van der Waals surface area contributed by atoms with E-state index < -0.39 is 28.4 Å². The molecule has 0 unspecified atom stereocenters. The summed E-state index contributed by atoms with van der Waals surface area (Å²) in [4.78, 5) is 11.1. The standard InChI is InChI=1S/C11H8FNO4S/c12-8-3-1-2-7(6-8)9-4-5-13(18(16)17)10(9)11(14)15/h1-6,18H,(H,14,15). The summed E-state index contributed by atoms with van der Waals surface area (Å²) < 4.78 is 35.5. The van der Waals surface area contributed by atoms with Crippen molar-refractivity contribution < 1.29 is 22.7 Å². The van der Waals surface area contributed by atoms with Gasteiger partial charge in [0.1, 0.15) is 11.5 Å². The third kappa shape index (κ3) is 2.12. The lowest BCUT2D eigenvalue weighted by Gasteiger charge is -2.02. The molecule has 0 aliphatic heterocycles. The molecule has 5 nitrogen and oxygen atoms in total. The molecule has 0 aliphatic rings. The number of halogens is 1. The van der Waals surface area contributed by atoms with Crippen LogP contribution < -0.4 is 0 Å². The van der Waals surface area contributed by atoms with Crippen molar-refractivity contribution in [2.24, 2.45) is 0 Å². The predicted octanol–water partition coefficient (Wildman–Crippen LogP) is 1.37. The number of benzene rings is 1. The zero-order valence-electron chi connectivity index (χ0n) is 8.91. The minimum absolute atomic E-state index is 0.154. The van der Waals surface area contributed by atoms with Crippen molar-refractivity contribution in [3.63, 3.8) is 0 Å². The van der Waals surface area contributed by atoms with Crippen molar-refractivity contribution >= 4 is 16.9 Å². The maximum atomic E-state index is 13.1. The first-order chi connectivity index (χ1) is 8.50. The van der Waals surface area contributed by atoms with Gasteiger partial charge in [0.15, 0.2) is 0 Å². The van der Waals surface area contributed by atoms with E-state index in [-0.39, 0.29) is 5.56 Å². The van der Waals surface area contributed by atoms with Gasteiger partial charge in [-0.3, -0.25) is 0 Å². The smallest absolute Gasteiger partial charge is 0.354 e. The van der Waals surface area contributed by atoms with Crippen LogP contribution in [0.25, 0.3) is 11.1 Å². The molecule has 94 valence electrons. The van der Waals surface area contributed by atoms with E-state index in [2.05, 4.69) is 0 Å². The molecule has 0 radical (unpaired) electrons. The molecule has 0 aliphatic carbocycles. The lowest BCUT2D eigenvalue weighted by Crippen LogP contribution is -2.08. The van der Waals surface area contributed by atoms with Crippen LogP contribution in [-0.4, -0.2) is 23.5 Å².